The van der Waals surface area contributed by atoms with Crippen molar-refractivity contribution in [2.75, 3.05) is 6.54 Å². The van der Waals surface area contributed by atoms with Crippen LogP contribution in [0, 0.1) is 11.7 Å². The Morgan fingerprint density at radius 3 is 2.84 bits per heavy atom. The molecule has 2 rings (SSSR count). The molecule has 0 radical (unpaired) electrons. The number of nitrogens with zero attached hydrogens (tertiary/aromatic N) is 2. The predicted octanol–water partition coefficient (Wildman–Crippen LogP) is 0.704. The number of carbonyl (C=O) groups is 2. The Morgan fingerprint density at radius 1 is 1.47 bits per heavy atom. The molecule has 5 nitrogen and oxygen atoms in total. The molecule has 1 atom stereocenters. The molecule has 0 spiro atoms. The molecular formula is C13H16FN3O2. The number of hydrogen-bond acceptors (Lipinski definition) is 3. The fourth-order valence-electron chi connectivity index (χ4n) is 2.25. The maximum absolute atomic E-state index is 13.1. The normalized spacial score (nSPS) is 19.8. The third-order valence-corrected chi connectivity index (χ3v) is 3.08. The van der Waals surface area contributed by atoms with E-state index in [1.54, 1.807) is 0 Å². The summed E-state index contributed by atoms with van der Waals surface area (Å²) >= 11 is 0. The number of hydrogen-bond donors (Lipinski definition) is 1. The minimum atomic E-state index is -0.524. The van der Waals surface area contributed by atoms with E-state index in [2.05, 4.69) is 10.3 Å². The van der Waals surface area contributed by atoms with E-state index in [4.69, 9.17) is 0 Å². The predicted molar refractivity (Wildman–Crippen MR) is 66.4 cm³/mol. The van der Waals surface area contributed by atoms with Crippen molar-refractivity contribution >= 4 is 11.8 Å². The summed E-state index contributed by atoms with van der Waals surface area (Å²) in [5.74, 6) is -0.792. The first-order chi connectivity index (χ1) is 8.99. The van der Waals surface area contributed by atoms with Crippen LogP contribution >= 0.6 is 0 Å². The minimum Gasteiger partial charge on any atom is -0.345 e. The van der Waals surface area contributed by atoms with Crippen molar-refractivity contribution in [3.8, 4) is 0 Å². The average Bonchev–Trinajstić information content (AvgIpc) is 2.33. The smallest absolute Gasteiger partial charge is 0.243 e. The summed E-state index contributed by atoms with van der Waals surface area (Å²) in [6.45, 7) is 3.93. The fourth-order valence-corrected chi connectivity index (χ4v) is 2.25. The summed E-state index contributed by atoms with van der Waals surface area (Å²) < 4.78 is 13.1. The van der Waals surface area contributed by atoms with Crippen molar-refractivity contribution in [2.24, 2.45) is 5.92 Å². The second kappa shape index (κ2) is 5.34. The minimum absolute atomic E-state index is 0.00855. The highest BCUT2D eigenvalue weighted by Crippen LogP contribution is 2.18. The van der Waals surface area contributed by atoms with Crippen LogP contribution in [0.25, 0.3) is 0 Å². The van der Waals surface area contributed by atoms with Crippen molar-refractivity contribution < 1.29 is 14.0 Å². The number of pyridine rings is 1. The van der Waals surface area contributed by atoms with Gasteiger partial charge in [-0.05, 0) is 17.5 Å². The van der Waals surface area contributed by atoms with Crippen molar-refractivity contribution in [1.82, 2.24) is 15.2 Å². The topological polar surface area (TPSA) is 62.3 Å². The Morgan fingerprint density at radius 2 is 2.21 bits per heavy atom. The third kappa shape index (κ3) is 2.89. The molecule has 1 aromatic heterocycles. The van der Waals surface area contributed by atoms with Gasteiger partial charge < -0.3 is 10.2 Å². The zero-order chi connectivity index (χ0) is 14.0. The van der Waals surface area contributed by atoms with Crippen LogP contribution in [-0.4, -0.2) is 34.3 Å². The molecule has 0 bridgehead atoms. The van der Waals surface area contributed by atoms with E-state index in [1.165, 1.54) is 17.2 Å². The van der Waals surface area contributed by atoms with Crippen molar-refractivity contribution in [2.45, 2.75) is 26.4 Å². The maximum atomic E-state index is 13.1. The number of piperazine rings is 1. The molecule has 19 heavy (non-hydrogen) atoms. The van der Waals surface area contributed by atoms with Gasteiger partial charge in [0.2, 0.25) is 11.8 Å². The largest absolute Gasteiger partial charge is 0.345 e. The summed E-state index contributed by atoms with van der Waals surface area (Å²) in [6.07, 6.45) is 2.61. The summed E-state index contributed by atoms with van der Waals surface area (Å²) in [5, 5.41) is 2.57. The van der Waals surface area contributed by atoms with E-state index >= 15 is 0 Å². The summed E-state index contributed by atoms with van der Waals surface area (Å²) in [4.78, 5) is 29.0. The van der Waals surface area contributed by atoms with E-state index in [9.17, 15) is 14.0 Å². The van der Waals surface area contributed by atoms with Gasteiger partial charge in [0.15, 0.2) is 0 Å². The molecule has 1 fully saturated rings. The van der Waals surface area contributed by atoms with Gasteiger partial charge in [-0.25, -0.2) is 4.39 Å². The number of halogens is 1. The second-order valence-corrected chi connectivity index (χ2v) is 4.94. The van der Waals surface area contributed by atoms with Crippen LogP contribution < -0.4 is 5.32 Å². The Kier molecular flexibility index (Phi) is 3.78. The van der Waals surface area contributed by atoms with Gasteiger partial charge in [-0.3, -0.25) is 14.6 Å². The highest BCUT2D eigenvalue weighted by Gasteiger charge is 2.36. The first-order valence-corrected chi connectivity index (χ1v) is 6.15. The number of rotatable bonds is 3. The molecule has 2 heterocycles. The summed E-state index contributed by atoms with van der Waals surface area (Å²) in [5.41, 5.74) is 0.578. The number of nitrogens with one attached hydrogen (secondary N) is 1. The lowest BCUT2D eigenvalue weighted by molar-refractivity contribution is -0.148. The molecule has 1 saturated heterocycles. The Labute approximate surface area is 110 Å². The van der Waals surface area contributed by atoms with Gasteiger partial charge in [0, 0.05) is 12.7 Å². The Bertz CT molecular complexity index is 504. The van der Waals surface area contributed by atoms with Gasteiger partial charge in [0.1, 0.15) is 11.9 Å². The average molecular weight is 265 g/mol. The van der Waals surface area contributed by atoms with Crippen LogP contribution in [-0.2, 0) is 16.1 Å². The van der Waals surface area contributed by atoms with Gasteiger partial charge in [0.25, 0.3) is 0 Å². The maximum Gasteiger partial charge on any atom is 0.243 e. The molecule has 0 saturated carbocycles. The lowest BCUT2D eigenvalue weighted by atomic mass is 9.99. The summed E-state index contributed by atoms with van der Waals surface area (Å²) in [7, 11) is 0. The van der Waals surface area contributed by atoms with E-state index in [-0.39, 0.29) is 30.8 Å². The van der Waals surface area contributed by atoms with Gasteiger partial charge in [-0.1, -0.05) is 13.8 Å². The van der Waals surface area contributed by atoms with Gasteiger partial charge in [0.05, 0.1) is 12.7 Å². The second-order valence-electron chi connectivity index (χ2n) is 4.94. The van der Waals surface area contributed by atoms with E-state index in [0.29, 0.717) is 5.56 Å². The Hall–Kier alpha value is -1.98. The molecule has 0 aliphatic carbocycles. The molecule has 1 aromatic rings. The van der Waals surface area contributed by atoms with Crippen LogP contribution in [0.2, 0.25) is 0 Å². The molecule has 1 aliphatic heterocycles. The molecule has 6 heteroatoms. The van der Waals surface area contributed by atoms with Crippen LogP contribution in [0.15, 0.2) is 18.5 Å². The van der Waals surface area contributed by atoms with Gasteiger partial charge in [-0.2, -0.15) is 0 Å². The lowest BCUT2D eigenvalue weighted by Crippen LogP contribution is -2.59. The molecule has 2 amide bonds. The fraction of sp³-hybridized carbons (Fsp3) is 0.462. The van der Waals surface area contributed by atoms with E-state index < -0.39 is 11.9 Å². The molecule has 1 aliphatic rings. The number of carbonyl (C=O) groups excluding carboxylic acids is 2. The zero-order valence-corrected chi connectivity index (χ0v) is 10.9. The molecule has 1 N–H and O–H groups in total. The number of aromatic nitrogens is 1. The van der Waals surface area contributed by atoms with Crippen LogP contribution in [0.1, 0.15) is 19.4 Å². The van der Waals surface area contributed by atoms with E-state index in [0.717, 1.165) is 6.20 Å². The van der Waals surface area contributed by atoms with Gasteiger partial charge >= 0.3 is 0 Å². The molecule has 102 valence electrons. The van der Waals surface area contributed by atoms with Gasteiger partial charge in [-0.15, -0.1) is 0 Å². The number of amides is 2. The Balaban J connectivity index is 2.23. The van der Waals surface area contributed by atoms with E-state index in [1.807, 2.05) is 13.8 Å². The zero-order valence-electron chi connectivity index (χ0n) is 10.9. The quantitative estimate of drug-likeness (QED) is 0.875. The third-order valence-electron chi connectivity index (χ3n) is 3.08. The van der Waals surface area contributed by atoms with Crippen LogP contribution in [0.3, 0.4) is 0 Å². The standard InChI is InChI=1S/C13H16FN3O2/c1-8(2)12-13(19)16-6-11(18)17(12)7-9-3-10(14)5-15-4-9/h3-5,8,12H,6-7H2,1-2H3,(H,16,19). The van der Waals surface area contributed by atoms with Crippen molar-refractivity contribution in [3.05, 3.63) is 29.8 Å². The first-order valence-electron chi connectivity index (χ1n) is 6.15. The summed E-state index contributed by atoms with van der Waals surface area (Å²) in [6, 6.07) is 0.800. The first kappa shape index (κ1) is 13.5. The molecule has 1 unspecified atom stereocenters. The van der Waals surface area contributed by atoms with Crippen LogP contribution in [0.5, 0.6) is 0 Å². The molecular weight excluding hydrogens is 249 g/mol. The monoisotopic (exact) mass is 265 g/mol. The lowest BCUT2D eigenvalue weighted by Gasteiger charge is -2.37. The molecule has 0 aromatic carbocycles. The van der Waals surface area contributed by atoms with Crippen molar-refractivity contribution in [3.63, 3.8) is 0 Å². The highest BCUT2D eigenvalue weighted by atomic mass is 19.1. The highest BCUT2D eigenvalue weighted by molar-refractivity contribution is 5.94. The van der Waals surface area contributed by atoms with Crippen LogP contribution in [0.4, 0.5) is 4.39 Å². The van der Waals surface area contributed by atoms with Crippen molar-refractivity contribution in [1.29, 1.82) is 0 Å². The SMILES string of the molecule is CC(C)C1C(=O)NCC(=O)N1Cc1cncc(F)c1.